The minimum Gasteiger partial charge on any atom is -0.465 e. The molecule has 8 nitrogen and oxygen atoms in total. The Morgan fingerprint density at radius 2 is 1.89 bits per heavy atom. The van der Waals surface area contributed by atoms with Crippen LogP contribution in [-0.4, -0.2) is 83.4 Å². The van der Waals surface area contributed by atoms with Crippen LogP contribution in [0.25, 0.3) is 0 Å². The van der Waals surface area contributed by atoms with Gasteiger partial charge in [0, 0.05) is 57.7 Å². The lowest BCUT2D eigenvalue weighted by atomic mass is 9.80. The van der Waals surface area contributed by atoms with Gasteiger partial charge in [-0.25, -0.2) is 9.78 Å². The molecule has 1 aliphatic heterocycles. The Kier molecular flexibility index (Phi) is 7.88. The summed E-state index contributed by atoms with van der Waals surface area (Å²) >= 11 is 0. The smallest absolute Gasteiger partial charge is 0.416 e. The van der Waals surface area contributed by atoms with Gasteiger partial charge in [-0.15, -0.1) is 0 Å². The molecule has 1 aliphatic carbocycles. The van der Waals surface area contributed by atoms with E-state index in [2.05, 4.69) is 4.98 Å². The summed E-state index contributed by atoms with van der Waals surface area (Å²) in [5.41, 5.74) is -2.07. The van der Waals surface area contributed by atoms with Gasteiger partial charge in [0.2, 0.25) is 5.91 Å². The van der Waals surface area contributed by atoms with Crippen molar-refractivity contribution >= 4 is 17.8 Å². The summed E-state index contributed by atoms with van der Waals surface area (Å²) in [4.78, 5) is 34.8. The number of alkyl halides is 3. The van der Waals surface area contributed by atoms with Crippen LogP contribution in [0.3, 0.4) is 0 Å². The van der Waals surface area contributed by atoms with Gasteiger partial charge in [-0.1, -0.05) is 0 Å². The van der Waals surface area contributed by atoms with Gasteiger partial charge in [0.05, 0.1) is 11.0 Å². The van der Waals surface area contributed by atoms with E-state index in [9.17, 15) is 27.9 Å². The Balaban J connectivity index is 1.73. The molecule has 1 saturated heterocycles. The second-order valence-electron chi connectivity index (χ2n) is 10.4. The number of rotatable bonds is 6. The highest BCUT2D eigenvalue weighted by atomic mass is 19.4. The van der Waals surface area contributed by atoms with Crippen molar-refractivity contribution in [3.8, 4) is 0 Å². The third kappa shape index (κ3) is 5.99. The number of pyridine rings is 1. The number of methoxy groups -OCH3 is 1. The fourth-order valence-electron chi connectivity index (χ4n) is 5.38. The minimum atomic E-state index is -4.45. The summed E-state index contributed by atoms with van der Waals surface area (Å²) in [6.07, 6.45) is -2.22. The molecule has 1 aromatic rings. The molecule has 1 saturated carbocycles. The van der Waals surface area contributed by atoms with E-state index in [4.69, 9.17) is 4.74 Å². The molecule has 2 aliphatic rings. The standard InChI is InChI=1S/C24H35F3N4O4/c1-22(2,3)31(21(33)34)18-5-7-23(16-18,8-14-35-4)20(32)30-12-10-29(11-13-30)19-15-17(6-9-28-19)24(25,26)27/h6,9,15,18H,5,7-8,10-14,16H2,1-4H3,(H,33,34)/t18-,23-/m1/s1. The molecule has 0 radical (unpaired) electrons. The molecule has 3 rings (SSSR count). The van der Waals surface area contributed by atoms with E-state index in [0.717, 1.165) is 18.3 Å². The average Bonchev–Trinajstić information content (AvgIpc) is 3.20. The third-order valence-corrected chi connectivity index (χ3v) is 7.08. The molecule has 1 aromatic heterocycles. The number of ether oxygens (including phenoxy) is 1. The quantitative estimate of drug-likeness (QED) is 0.633. The van der Waals surface area contributed by atoms with Gasteiger partial charge < -0.3 is 24.5 Å². The highest BCUT2D eigenvalue weighted by Crippen LogP contribution is 2.46. The molecule has 35 heavy (non-hydrogen) atoms. The Morgan fingerprint density at radius 1 is 1.23 bits per heavy atom. The first-order valence-electron chi connectivity index (χ1n) is 11.9. The molecule has 2 amide bonds. The molecule has 196 valence electrons. The number of anilines is 1. The van der Waals surface area contributed by atoms with Crippen LogP contribution in [-0.2, 0) is 15.7 Å². The van der Waals surface area contributed by atoms with Crippen molar-refractivity contribution in [3.05, 3.63) is 23.9 Å². The Labute approximate surface area is 204 Å². The fraction of sp³-hybridized carbons (Fsp3) is 0.708. The maximum atomic E-state index is 13.8. The number of carbonyl (C=O) groups is 2. The highest BCUT2D eigenvalue weighted by molar-refractivity contribution is 5.83. The molecule has 2 heterocycles. The van der Waals surface area contributed by atoms with Gasteiger partial charge in [0.25, 0.3) is 0 Å². The normalized spacial score (nSPS) is 23.5. The van der Waals surface area contributed by atoms with Crippen molar-refractivity contribution in [2.24, 2.45) is 5.41 Å². The van der Waals surface area contributed by atoms with Gasteiger partial charge in [0.15, 0.2) is 0 Å². The first kappa shape index (κ1) is 27.0. The average molecular weight is 501 g/mol. The second-order valence-corrected chi connectivity index (χ2v) is 10.4. The Morgan fingerprint density at radius 3 is 2.43 bits per heavy atom. The highest BCUT2D eigenvalue weighted by Gasteiger charge is 2.50. The van der Waals surface area contributed by atoms with Crippen molar-refractivity contribution in [1.82, 2.24) is 14.8 Å². The molecule has 0 unspecified atom stereocenters. The van der Waals surface area contributed by atoms with E-state index >= 15 is 0 Å². The zero-order chi connectivity index (χ0) is 26.0. The summed E-state index contributed by atoms with van der Waals surface area (Å²) < 4.78 is 44.5. The number of piperazine rings is 1. The summed E-state index contributed by atoms with van der Waals surface area (Å²) in [5, 5.41) is 9.83. The molecular weight excluding hydrogens is 465 g/mol. The van der Waals surface area contributed by atoms with Crippen molar-refractivity contribution < 1.29 is 32.6 Å². The van der Waals surface area contributed by atoms with Crippen LogP contribution >= 0.6 is 0 Å². The van der Waals surface area contributed by atoms with Crippen LogP contribution in [0.1, 0.15) is 52.0 Å². The molecule has 0 bridgehead atoms. The predicted molar refractivity (Wildman–Crippen MR) is 124 cm³/mol. The third-order valence-electron chi connectivity index (χ3n) is 7.08. The van der Waals surface area contributed by atoms with E-state index in [1.165, 1.54) is 4.90 Å². The van der Waals surface area contributed by atoms with Gasteiger partial charge in [-0.05, 0) is 58.6 Å². The van der Waals surface area contributed by atoms with E-state index in [-0.39, 0.29) is 17.8 Å². The number of hydrogen-bond acceptors (Lipinski definition) is 5. The van der Waals surface area contributed by atoms with Crippen molar-refractivity contribution in [1.29, 1.82) is 0 Å². The zero-order valence-corrected chi connectivity index (χ0v) is 20.8. The summed E-state index contributed by atoms with van der Waals surface area (Å²) in [6, 6.07) is 1.70. The number of aromatic nitrogens is 1. The fourth-order valence-corrected chi connectivity index (χ4v) is 5.38. The number of halogens is 3. The van der Waals surface area contributed by atoms with E-state index in [0.29, 0.717) is 58.5 Å². The van der Waals surface area contributed by atoms with Gasteiger partial charge in [0.1, 0.15) is 5.82 Å². The largest absolute Gasteiger partial charge is 0.465 e. The van der Waals surface area contributed by atoms with Crippen LogP contribution in [0.5, 0.6) is 0 Å². The number of carbonyl (C=O) groups excluding carboxylic acids is 1. The summed E-state index contributed by atoms with van der Waals surface area (Å²) in [6.45, 7) is 7.38. The molecule has 1 N–H and O–H groups in total. The van der Waals surface area contributed by atoms with Crippen LogP contribution in [0.15, 0.2) is 18.3 Å². The number of amides is 2. The Bertz CT molecular complexity index is 913. The maximum Gasteiger partial charge on any atom is 0.416 e. The number of nitrogens with zero attached hydrogens (tertiary/aromatic N) is 4. The van der Waals surface area contributed by atoms with E-state index in [1.807, 2.05) is 20.8 Å². The molecule has 2 atom stereocenters. The summed E-state index contributed by atoms with van der Waals surface area (Å²) in [5.74, 6) is 0.206. The monoisotopic (exact) mass is 500 g/mol. The lowest BCUT2D eigenvalue weighted by Gasteiger charge is -2.41. The molecule has 2 fully saturated rings. The van der Waals surface area contributed by atoms with Crippen LogP contribution in [0.2, 0.25) is 0 Å². The first-order chi connectivity index (χ1) is 16.3. The molecule has 0 aromatic carbocycles. The van der Waals surface area contributed by atoms with Crippen molar-refractivity contribution in [2.45, 2.75) is 64.2 Å². The van der Waals surface area contributed by atoms with Crippen LogP contribution in [0.4, 0.5) is 23.8 Å². The summed E-state index contributed by atoms with van der Waals surface area (Å²) in [7, 11) is 1.57. The maximum absolute atomic E-state index is 13.8. The second kappa shape index (κ2) is 10.2. The predicted octanol–water partition coefficient (Wildman–Crippen LogP) is 4.10. The van der Waals surface area contributed by atoms with Crippen molar-refractivity contribution in [2.75, 3.05) is 44.8 Å². The minimum absolute atomic E-state index is 0.0343. The van der Waals surface area contributed by atoms with Gasteiger partial charge in [-0.2, -0.15) is 13.2 Å². The molecule has 0 spiro atoms. The SMILES string of the molecule is COCC[C@]1(C(=O)N2CCN(c3cc(C(F)(F)F)ccn3)CC2)CC[C@@H](N(C(=O)O)C(C)(C)C)C1. The number of carboxylic acid groups (broad SMARTS) is 1. The van der Waals surface area contributed by atoms with Gasteiger partial charge in [-0.3, -0.25) is 4.79 Å². The number of hydrogen-bond donors (Lipinski definition) is 1. The van der Waals surface area contributed by atoms with Crippen LogP contribution in [0, 0.1) is 5.41 Å². The molecule has 11 heteroatoms. The topological polar surface area (TPSA) is 86.2 Å². The lowest BCUT2D eigenvalue weighted by molar-refractivity contribution is -0.143. The molecular formula is C24H35F3N4O4. The van der Waals surface area contributed by atoms with Gasteiger partial charge >= 0.3 is 12.3 Å². The Hall–Kier alpha value is -2.56. The lowest BCUT2D eigenvalue weighted by Crippen LogP contribution is -2.54. The van der Waals surface area contributed by atoms with E-state index < -0.39 is 28.8 Å². The van der Waals surface area contributed by atoms with Crippen LogP contribution < -0.4 is 4.90 Å². The first-order valence-corrected chi connectivity index (χ1v) is 11.9. The zero-order valence-electron chi connectivity index (χ0n) is 20.8. The van der Waals surface area contributed by atoms with Crippen molar-refractivity contribution in [3.63, 3.8) is 0 Å². The van der Waals surface area contributed by atoms with E-state index in [1.54, 1.807) is 16.9 Å².